The van der Waals surface area contributed by atoms with E-state index in [9.17, 15) is 14.7 Å². The highest BCUT2D eigenvalue weighted by molar-refractivity contribution is 6.17. The lowest BCUT2D eigenvalue weighted by Gasteiger charge is -2.25. The fourth-order valence-corrected chi connectivity index (χ4v) is 2.73. The third-order valence-corrected chi connectivity index (χ3v) is 3.81. The van der Waals surface area contributed by atoms with Crippen molar-refractivity contribution >= 4 is 17.8 Å². The number of aliphatic carboxylic acids is 1. The van der Waals surface area contributed by atoms with Crippen LogP contribution < -0.4 is 5.32 Å². The normalized spacial score (nSPS) is 15.3. The van der Waals surface area contributed by atoms with Crippen molar-refractivity contribution in [2.24, 2.45) is 0 Å². The molecule has 1 aliphatic rings. The fourth-order valence-electron chi connectivity index (χ4n) is 2.73. The van der Waals surface area contributed by atoms with Crippen LogP contribution in [0.5, 0.6) is 0 Å². The zero-order chi connectivity index (χ0) is 14.7. The van der Waals surface area contributed by atoms with Crippen molar-refractivity contribution in [3.8, 4) is 0 Å². The highest BCUT2D eigenvalue weighted by Crippen LogP contribution is 2.34. The highest BCUT2D eigenvalue weighted by Gasteiger charge is 2.26. The molecule has 2 N–H and O–H groups in total. The molecule has 106 valence electrons. The summed E-state index contributed by atoms with van der Waals surface area (Å²) in [6, 6.07) is 5.87. The van der Waals surface area contributed by atoms with E-state index in [4.69, 9.17) is 0 Å². The van der Waals surface area contributed by atoms with E-state index in [0.717, 1.165) is 29.4 Å². The van der Waals surface area contributed by atoms with E-state index in [-0.39, 0.29) is 5.92 Å². The molecule has 20 heavy (non-hydrogen) atoms. The Morgan fingerprint density at radius 1 is 1.50 bits per heavy atom. The Morgan fingerprint density at radius 2 is 2.25 bits per heavy atom. The van der Waals surface area contributed by atoms with Gasteiger partial charge in [0.05, 0.1) is 5.57 Å². The molecular weight excluding hydrogens is 254 g/mol. The predicted molar refractivity (Wildman–Crippen MR) is 77.2 cm³/mol. The van der Waals surface area contributed by atoms with Crippen molar-refractivity contribution in [2.45, 2.75) is 39.2 Å². The van der Waals surface area contributed by atoms with E-state index < -0.39 is 5.97 Å². The van der Waals surface area contributed by atoms with Crippen LogP contribution in [-0.4, -0.2) is 17.4 Å². The number of fused-ring (bicyclic) bond motifs is 1. The molecule has 4 nitrogen and oxygen atoms in total. The smallest absolute Gasteiger partial charge is 0.338 e. The van der Waals surface area contributed by atoms with Crippen LogP contribution in [0.1, 0.15) is 49.3 Å². The number of carboxylic acid groups (broad SMARTS) is 1. The average Bonchev–Trinajstić information content (AvgIpc) is 2.43. The summed E-state index contributed by atoms with van der Waals surface area (Å²) in [5.74, 6) is -0.749. The van der Waals surface area contributed by atoms with E-state index in [1.807, 2.05) is 25.1 Å². The quantitative estimate of drug-likeness (QED) is 0.809. The molecule has 2 rings (SSSR count). The van der Waals surface area contributed by atoms with Gasteiger partial charge in [0, 0.05) is 18.7 Å². The molecule has 1 unspecified atom stereocenters. The third kappa shape index (κ3) is 2.59. The maximum absolute atomic E-state index is 11.6. The lowest BCUT2D eigenvalue weighted by Crippen LogP contribution is -2.24. The molecule has 1 aromatic carbocycles. The Morgan fingerprint density at radius 3 is 2.90 bits per heavy atom. The van der Waals surface area contributed by atoms with Crippen molar-refractivity contribution in [1.82, 2.24) is 5.32 Å². The van der Waals surface area contributed by atoms with Gasteiger partial charge in [-0.2, -0.15) is 0 Å². The number of hydrogen-bond acceptors (Lipinski definition) is 3. The molecule has 0 aliphatic carbocycles. The van der Waals surface area contributed by atoms with E-state index in [0.29, 0.717) is 24.2 Å². The number of nitrogens with one attached hydrogen (secondary N) is 1. The maximum atomic E-state index is 11.6. The van der Waals surface area contributed by atoms with Crippen molar-refractivity contribution in [3.05, 3.63) is 40.6 Å². The first kappa shape index (κ1) is 14.3. The van der Waals surface area contributed by atoms with Gasteiger partial charge in [-0.05, 0) is 36.0 Å². The minimum Gasteiger partial charge on any atom is -0.478 e. The largest absolute Gasteiger partial charge is 0.478 e. The van der Waals surface area contributed by atoms with Crippen LogP contribution in [0.25, 0.3) is 5.57 Å². The molecule has 0 saturated carbocycles. The SMILES string of the molecule is CC1=C(C(=O)O)c2c(cccc2C(C)CCC=O)CN1. The third-order valence-electron chi connectivity index (χ3n) is 3.81. The molecule has 1 aliphatic heterocycles. The van der Waals surface area contributed by atoms with Crippen molar-refractivity contribution in [3.63, 3.8) is 0 Å². The Labute approximate surface area is 118 Å². The fraction of sp³-hybridized carbons (Fsp3) is 0.375. The summed E-state index contributed by atoms with van der Waals surface area (Å²) in [5.41, 5.74) is 3.89. The number of allylic oxidation sites excluding steroid dienone is 1. The molecule has 1 heterocycles. The highest BCUT2D eigenvalue weighted by atomic mass is 16.4. The summed E-state index contributed by atoms with van der Waals surface area (Å²) >= 11 is 0. The van der Waals surface area contributed by atoms with E-state index in [1.54, 1.807) is 6.92 Å². The summed E-state index contributed by atoms with van der Waals surface area (Å²) < 4.78 is 0. The molecular formula is C16H19NO3. The van der Waals surface area contributed by atoms with Crippen LogP contribution in [0.15, 0.2) is 23.9 Å². The summed E-state index contributed by atoms with van der Waals surface area (Å²) in [6.45, 7) is 4.47. The second kappa shape index (κ2) is 5.90. The molecule has 0 radical (unpaired) electrons. The van der Waals surface area contributed by atoms with Crippen molar-refractivity contribution < 1.29 is 14.7 Å². The molecule has 0 amide bonds. The summed E-state index contributed by atoms with van der Waals surface area (Å²) in [7, 11) is 0. The second-order valence-corrected chi connectivity index (χ2v) is 5.19. The number of benzene rings is 1. The van der Waals surface area contributed by atoms with Crippen LogP contribution >= 0.6 is 0 Å². The van der Waals surface area contributed by atoms with Gasteiger partial charge in [-0.3, -0.25) is 0 Å². The number of hydrogen-bond donors (Lipinski definition) is 2. The molecule has 0 aromatic heterocycles. The van der Waals surface area contributed by atoms with Crippen molar-refractivity contribution in [2.75, 3.05) is 0 Å². The molecule has 4 heteroatoms. The van der Waals surface area contributed by atoms with Gasteiger partial charge >= 0.3 is 5.97 Å². The van der Waals surface area contributed by atoms with Crippen LogP contribution in [0.4, 0.5) is 0 Å². The summed E-state index contributed by atoms with van der Waals surface area (Å²) in [6.07, 6.45) is 2.14. The zero-order valence-electron chi connectivity index (χ0n) is 11.8. The van der Waals surface area contributed by atoms with Crippen LogP contribution in [0.3, 0.4) is 0 Å². The Kier molecular flexibility index (Phi) is 4.23. The van der Waals surface area contributed by atoms with E-state index >= 15 is 0 Å². The first-order chi connectivity index (χ1) is 9.56. The van der Waals surface area contributed by atoms with Crippen LogP contribution in [0, 0.1) is 0 Å². The van der Waals surface area contributed by atoms with Gasteiger partial charge in [-0.15, -0.1) is 0 Å². The van der Waals surface area contributed by atoms with Crippen LogP contribution in [0.2, 0.25) is 0 Å². The lowest BCUT2D eigenvalue weighted by atomic mass is 9.84. The minimum atomic E-state index is -0.911. The van der Waals surface area contributed by atoms with E-state index in [1.165, 1.54) is 0 Å². The Hall–Kier alpha value is -2.10. The van der Waals surface area contributed by atoms with Gasteiger partial charge in [0.25, 0.3) is 0 Å². The zero-order valence-corrected chi connectivity index (χ0v) is 11.8. The Balaban J connectivity index is 2.52. The minimum absolute atomic E-state index is 0.162. The number of carboxylic acids is 1. The van der Waals surface area contributed by atoms with Gasteiger partial charge in [0.15, 0.2) is 0 Å². The summed E-state index contributed by atoms with van der Waals surface area (Å²) in [4.78, 5) is 22.1. The number of rotatable bonds is 5. The average molecular weight is 273 g/mol. The number of carbonyl (C=O) groups is 2. The summed E-state index contributed by atoms with van der Waals surface area (Å²) in [5, 5.41) is 12.6. The predicted octanol–water partition coefficient (Wildman–Crippen LogP) is 2.69. The van der Waals surface area contributed by atoms with Crippen LogP contribution in [-0.2, 0) is 16.1 Å². The first-order valence-corrected chi connectivity index (χ1v) is 6.80. The second-order valence-electron chi connectivity index (χ2n) is 5.19. The number of aldehydes is 1. The maximum Gasteiger partial charge on any atom is 0.338 e. The first-order valence-electron chi connectivity index (χ1n) is 6.80. The van der Waals surface area contributed by atoms with Gasteiger partial charge in [-0.1, -0.05) is 25.1 Å². The monoisotopic (exact) mass is 273 g/mol. The molecule has 0 fully saturated rings. The number of carbonyl (C=O) groups excluding carboxylic acids is 1. The van der Waals surface area contributed by atoms with E-state index in [2.05, 4.69) is 5.32 Å². The standard InChI is InChI=1S/C16H19NO3/c1-10(5-4-8-18)13-7-3-6-12-9-17-11(2)14(15(12)13)16(19)20/h3,6-8,10,17H,4-5,9H2,1-2H3,(H,19,20). The lowest BCUT2D eigenvalue weighted by molar-refractivity contribution is -0.130. The topological polar surface area (TPSA) is 66.4 Å². The molecule has 0 spiro atoms. The van der Waals surface area contributed by atoms with Gasteiger partial charge in [0.1, 0.15) is 6.29 Å². The Bertz CT molecular complexity index is 575. The van der Waals surface area contributed by atoms with Gasteiger partial charge in [-0.25, -0.2) is 4.79 Å². The van der Waals surface area contributed by atoms with Gasteiger partial charge < -0.3 is 15.2 Å². The van der Waals surface area contributed by atoms with Crippen molar-refractivity contribution in [1.29, 1.82) is 0 Å². The molecule has 0 saturated heterocycles. The molecule has 0 bridgehead atoms. The van der Waals surface area contributed by atoms with Gasteiger partial charge in [0.2, 0.25) is 0 Å². The molecule has 1 aromatic rings. The molecule has 1 atom stereocenters.